The molecule has 0 radical (unpaired) electrons. The number of Topliss-reactive ketones (excluding diaryl/α,β-unsaturated/α-hetero) is 1. The fourth-order valence-corrected chi connectivity index (χ4v) is 3.33. The summed E-state index contributed by atoms with van der Waals surface area (Å²) in [5.74, 6) is -3.42. The van der Waals surface area contributed by atoms with Gasteiger partial charge >= 0.3 is 12.1 Å². The monoisotopic (exact) mass is 396 g/mol. The Bertz CT molecular complexity index is 778. The highest BCUT2D eigenvalue weighted by Crippen LogP contribution is 2.50. The molecule has 2 rings (SSSR count). The number of rotatable bonds is 7. The normalized spacial score (nSPS) is 14.9. The maximum atomic E-state index is 14.3. The van der Waals surface area contributed by atoms with E-state index in [9.17, 15) is 22.8 Å². The predicted molar refractivity (Wildman–Crippen MR) is 99.0 cm³/mol. The molecule has 0 heterocycles. The minimum atomic E-state index is -4.94. The van der Waals surface area contributed by atoms with E-state index in [4.69, 9.17) is 0 Å². The third kappa shape index (κ3) is 4.56. The van der Waals surface area contributed by atoms with Gasteiger partial charge in [-0.2, -0.15) is 13.2 Å². The SMILES string of the molecule is CC(Cc1ccccc1)C(CC(=O)OP)(C(=O)c1ccccc1)C(F)(F)F. The van der Waals surface area contributed by atoms with Gasteiger partial charge in [0.05, 0.1) is 15.9 Å². The minimum absolute atomic E-state index is 0.0109. The van der Waals surface area contributed by atoms with E-state index in [1.807, 2.05) is 0 Å². The third-order valence-corrected chi connectivity index (χ3v) is 4.99. The van der Waals surface area contributed by atoms with Gasteiger partial charge in [0.15, 0.2) is 5.78 Å². The lowest BCUT2D eigenvalue weighted by Crippen LogP contribution is -2.52. The van der Waals surface area contributed by atoms with E-state index in [1.54, 1.807) is 45.9 Å². The molecule has 0 aliphatic carbocycles. The zero-order chi connectivity index (χ0) is 20.1. The van der Waals surface area contributed by atoms with Crippen molar-refractivity contribution < 1.29 is 27.3 Å². The summed E-state index contributed by atoms with van der Waals surface area (Å²) in [6, 6.07) is 15.8. The molecular formula is C20H20F3O3P. The lowest BCUT2D eigenvalue weighted by molar-refractivity contribution is -0.223. The molecule has 27 heavy (non-hydrogen) atoms. The van der Waals surface area contributed by atoms with Gasteiger partial charge in [0.25, 0.3) is 0 Å². The van der Waals surface area contributed by atoms with Crippen LogP contribution in [0.4, 0.5) is 13.2 Å². The molecule has 3 nitrogen and oxygen atoms in total. The molecule has 2 aromatic carbocycles. The Labute approximate surface area is 158 Å². The van der Waals surface area contributed by atoms with Crippen LogP contribution in [0.5, 0.6) is 0 Å². The molecule has 0 amide bonds. The van der Waals surface area contributed by atoms with Crippen molar-refractivity contribution in [3.8, 4) is 0 Å². The molecule has 0 bridgehead atoms. The topological polar surface area (TPSA) is 43.4 Å². The summed E-state index contributed by atoms with van der Waals surface area (Å²) in [4.78, 5) is 24.9. The van der Waals surface area contributed by atoms with Gasteiger partial charge in [-0.25, -0.2) is 0 Å². The van der Waals surface area contributed by atoms with Crippen molar-refractivity contribution in [2.75, 3.05) is 0 Å². The number of hydrogen-bond acceptors (Lipinski definition) is 3. The molecule has 0 saturated heterocycles. The Morgan fingerprint density at radius 3 is 2.00 bits per heavy atom. The van der Waals surface area contributed by atoms with E-state index >= 15 is 0 Å². The summed E-state index contributed by atoms with van der Waals surface area (Å²) < 4.78 is 47.4. The Balaban J connectivity index is 2.56. The first-order valence-electron chi connectivity index (χ1n) is 8.32. The first-order valence-corrected chi connectivity index (χ1v) is 8.79. The summed E-state index contributed by atoms with van der Waals surface area (Å²) in [5.41, 5.74) is -2.33. The lowest BCUT2D eigenvalue weighted by atomic mass is 9.66. The average molecular weight is 396 g/mol. The van der Waals surface area contributed by atoms with Crippen LogP contribution < -0.4 is 0 Å². The largest absolute Gasteiger partial charge is 0.451 e. The van der Waals surface area contributed by atoms with Crippen molar-refractivity contribution in [1.82, 2.24) is 0 Å². The second kappa shape index (κ2) is 8.66. The van der Waals surface area contributed by atoms with Crippen LogP contribution in [-0.4, -0.2) is 17.9 Å². The van der Waals surface area contributed by atoms with Crippen LogP contribution >= 0.6 is 9.47 Å². The second-order valence-corrected chi connectivity index (χ2v) is 6.66. The zero-order valence-corrected chi connectivity index (χ0v) is 15.9. The first-order chi connectivity index (χ1) is 12.7. The van der Waals surface area contributed by atoms with Gasteiger partial charge in [-0.05, 0) is 17.9 Å². The van der Waals surface area contributed by atoms with Crippen LogP contribution in [0.2, 0.25) is 0 Å². The van der Waals surface area contributed by atoms with Crippen LogP contribution in [0.25, 0.3) is 0 Å². The third-order valence-electron chi connectivity index (χ3n) is 4.73. The molecule has 3 unspecified atom stereocenters. The Kier molecular flexibility index (Phi) is 6.77. The average Bonchev–Trinajstić information content (AvgIpc) is 2.65. The molecule has 0 spiro atoms. The summed E-state index contributed by atoms with van der Waals surface area (Å²) in [7, 11) is 1.64. The smallest absolute Gasteiger partial charge is 0.402 e. The molecule has 7 heteroatoms. The summed E-state index contributed by atoms with van der Waals surface area (Å²) in [6.45, 7) is 1.34. The van der Waals surface area contributed by atoms with Crippen molar-refractivity contribution >= 4 is 21.2 Å². The van der Waals surface area contributed by atoms with E-state index in [0.717, 1.165) is 0 Å². The number of halogens is 3. The predicted octanol–water partition coefficient (Wildman–Crippen LogP) is 5.02. The van der Waals surface area contributed by atoms with E-state index in [2.05, 4.69) is 4.52 Å². The van der Waals surface area contributed by atoms with Gasteiger partial charge in [0, 0.05) is 5.56 Å². The summed E-state index contributed by atoms with van der Waals surface area (Å²) in [6.07, 6.45) is -6.03. The van der Waals surface area contributed by atoms with Crippen LogP contribution in [-0.2, 0) is 15.7 Å². The number of benzene rings is 2. The van der Waals surface area contributed by atoms with Crippen molar-refractivity contribution in [2.24, 2.45) is 11.3 Å². The number of hydrogen-bond donors (Lipinski definition) is 0. The molecule has 0 aliphatic heterocycles. The fraction of sp³-hybridized carbons (Fsp3) is 0.300. The van der Waals surface area contributed by atoms with Crippen molar-refractivity contribution in [3.63, 3.8) is 0 Å². The van der Waals surface area contributed by atoms with Gasteiger partial charge in [-0.3, -0.25) is 9.59 Å². The van der Waals surface area contributed by atoms with Gasteiger partial charge in [-0.1, -0.05) is 67.6 Å². The fourth-order valence-electron chi connectivity index (χ4n) is 3.24. The van der Waals surface area contributed by atoms with E-state index in [-0.39, 0.29) is 12.0 Å². The highest BCUT2D eigenvalue weighted by atomic mass is 31.0. The number of alkyl halides is 3. The molecule has 0 saturated carbocycles. The molecule has 3 atom stereocenters. The van der Waals surface area contributed by atoms with E-state index < -0.39 is 35.7 Å². The molecular weight excluding hydrogens is 376 g/mol. The highest BCUT2D eigenvalue weighted by molar-refractivity contribution is 7.10. The van der Waals surface area contributed by atoms with Gasteiger partial charge in [-0.15, -0.1) is 0 Å². The molecule has 0 aromatic heterocycles. The maximum Gasteiger partial charge on any atom is 0.402 e. The lowest BCUT2D eigenvalue weighted by Gasteiger charge is -2.38. The summed E-state index contributed by atoms with van der Waals surface area (Å²) >= 11 is 0. The standard InChI is InChI=1S/C20H20F3O3P/c1-14(12-15-8-4-2-5-9-15)19(20(21,22)23,13-17(24)26-27)18(25)16-10-6-3-7-11-16/h2-11,14H,12-13,27H2,1H3. The summed E-state index contributed by atoms with van der Waals surface area (Å²) in [5, 5.41) is 0. The molecule has 0 fully saturated rings. The molecule has 0 aliphatic rings. The zero-order valence-electron chi connectivity index (χ0n) is 14.7. The van der Waals surface area contributed by atoms with Gasteiger partial charge in [0.1, 0.15) is 5.41 Å². The van der Waals surface area contributed by atoms with Crippen LogP contribution in [0.15, 0.2) is 60.7 Å². The van der Waals surface area contributed by atoms with Crippen LogP contribution in [0.3, 0.4) is 0 Å². The Morgan fingerprint density at radius 2 is 1.52 bits per heavy atom. The van der Waals surface area contributed by atoms with Crippen molar-refractivity contribution in [1.29, 1.82) is 0 Å². The quantitative estimate of drug-likeness (QED) is 0.488. The van der Waals surface area contributed by atoms with Crippen LogP contribution in [0, 0.1) is 11.3 Å². The second-order valence-electron chi connectivity index (χ2n) is 6.42. The number of ketones is 1. The van der Waals surface area contributed by atoms with Gasteiger partial charge < -0.3 is 4.52 Å². The number of carbonyl (C=O) groups excluding carboxylic acids is 2. The van der Waals surface area contributed by atoms with Gasteiger partial charge in [0.2, 0.25) is 0 Å². The molecule has 144 valence electrons. The molecule has 0 N–H and O–H groups in total. The maximum absolute atomic E-state index is 14.3. The van der Waals surface area contributed by atoms with E-state index in [1.165, 1.54) is 31.2 Å². The Hall–Kier alpha value is -2.20. The highest BCUT2D eigenvalue weighted by Gasteiger charge is 2.63. The van der Waals surface area contributed by atoms with Crippen LogP contribution in [0.1, 0.15) is 29.3 Å². The molecule has 2 aromatic rings. The minimum Gasteiger partial charge on any atom is -0.451 e. The van der Waals surface area contributed by atoms with E-state index in [0.29, 0.717) is 5.56 Å². The van der Waals surface area contributed by atoms with Crippen molar-refractivity contribution in [3.05, 3.63) is 71.8 Å². The number of carbonyl (C=O) groups is 2. The first kappa shape index (κ1) is 21.1. The van der Waals surface area contributed by atoms with Crippen molar-refractivity contribution in [2.45, 2.75) is 25.9 Å². The Morgan fingerprint density at radius 1 is 1.00 bits per heavy atom.